The Labute approximate surface area is 90.1 Å². The molecule has 0 saturated heterocycles. The van der Waals surface area contributed by atoms with Crippen molar-refractivity contribution in [3.8, 4) is 11.1 Å². The molecule has 0 amide bonds. The van der Waals surface area contributed by atoms with Gasteiger partial charge in [-0.15, -0.1) is 0 Å². The van der Waals surface area contributed by atoms with Crippen LogP contribution in [-0.4, -0.2) is 6.29 Å². The van der Waals surface area contributed by atoms with Crippen LogP contribution < -0.4 is 0 Å². The number of aldehydes is 1. The minimum Gasteiger partial charge on any atom is -0.298 e. The Morgan fingerprint density at radius 2 is 1.73 bits per heavy atom. The van der Waals surface area contributed by atoms with Crippen molar-refractivity contribution in [2.24, 2.45) is 0 Å². The molecule has 0 aliphatic heterocycles. The Morgan fingerprint density at radius 1 is 1.07 bits per heavy atom. The molecule has 0 radical (unpaired) electrons. The van der Waals surface area contributed by atoms with Crippen LogP contribution in [-0.2, 0) is 0 Å². The topological polar surface area (TPSA) is 17.1 Å². The quantitative estimate of drug-likeness (QED) is 0.672. The van der Waals surface area contributed by atoms with Gasteiger partial charge in [0.2, 0.25) is 0 Å². The van der Waals surface area contributed by atoms with Gasteiger partial charge < -0.3 is 0 Å². The summed E-state index contributed by atoms with van der Waals surface area (Å²) in [7, 11) is 0. The molecule has 0 aromatic heterocycles. The number of carbonyl (C=O) groups is 1. The van der Waals surface area contributed by atoms with E-state index in [0.717, 1.165) is 17.4 Å². The highest BCUT2D eigenvalue weighted by Crippen LogP contribution is 2.34. The van der Waals surface area contributed by atoms with Crippen molar-refractivity contribution in [2.75, 3.05) is 0 Å². The summed E-state index contributed by atoms with van der Waals surface area (Å²) in [5, 5.41) is 0. The highest BCUT2D eigenvalue weighted by Gasteiger charge is 2.15. The lowest BCUT2D eigenvalue weighted by Crippen LogP contribution is -1.84. The lowest BCUT2D eigenvalue weighted by atomic mass is 10.0. The average molecular weight is 198 g/mol. The molecule has 0 N–H and O–H groups in total. The normalized spacial score (nSPS) is 10.9. The van der Waals surface area contributed by atoms with E-state index in [1.165, 1.54) is 11.1 Å². The molecule has 2 aliphatic rings. The largest absolute Gasteiger partial charge is 0.298 e. The van der Waals surface area contributed by atoms with E-state index in [-0.39, 0.29) is 0 Å². The fourth-order valence-electron chi connectivity index (χ4n) is 1.95. The van der Waals surface area contributed by atoms with Crippen LogP contribution >= 0.6 is 0 Å². The van der Waals surface area contributed by atoms with Gasteiger partial charge in [0.05, 0.1) is 0 Å². The Kier molecular flexibility index (Phi) is 2.55. The summed E-state index contributed by atoms with van der Waals surface area (Å²) in [6.07, 6.45) is 0.939. The summed E-state index contributed by atoms with van der Waals surface area (Å²) in [6, 6.07) is 12.1. The first-order valence-corrected chi connectivity index (χ1v) is 5.21. The zero-order valence-corrected chi connectivity index (χ0v) is 9.03. The van der Waals surface area contributed by atoms with Crippen LogP contribution in [0.25, 0.3) is 11.1 Å². The number of hydrogen-bond donors (Lipinski definition) is 0. The van der Waals surface area contributed by atoms with Crippen LogP contribution in [0.4, 0.5) is 0 Å². The van der Waals surface area contributed by atoms with E-state index in [0.29, 0.717) is 5.92 Å². The zero-order chi connectivity index (χ0) is 10.8. The van der Waals surface area contributed by atoms with Crippen LogP contribution in [0.5, 0.6) is 0 Å². The van der Waals surface area contributed by atoms with Crippen molar-refractivity contribution in [1.82, 2.24) is 0 Å². The Morgan fingerprint density at radius 3 is 2.33 bits per heavy atom. The third-order valence-corrected chi connectivity index (χ3v) is 2.72. The molecule has 0 atom stereocenters. The third kappa shape index (κ3) is 1.65. The summed E-state index contributed by atoms with van der Waals surface area (Å²) < 4.78 is 0. The molecule has 0 fully saturated rings. The van der Waals surface area contributed by atoms with E-state index in [1.54, 1.807) is 0 Å². The summed E-state index contributed by atoms with van der Waals surface area (Å²) in [6.45, 7) is 4.30. The summed E-state index contributed by atoms with van der Waals surface area (Å²) in [5.74, 6) is 0.448. The lowest BCUT2D eigenvalue weighted by Gasteiger charge is -2.04. The standard InChI is InChI=1S/C14H14O/c1-10(2)14-8-11(9-15)12-6-4-3-5-7-13(12)14/h3-10H,1-2H3. The summed E-state index contributed by atoms with van der Waals surface area (Å²) >= 11 is 0. The highest BCUT2D eigenvalue weighted by molar-refractivity contribution is 5.91. The molecule has 0 saturated carbocycles. The van der Waals surface area contributed by atoms with Crippen LogP contribution in [0, 0.1) is 0 Å². The maximum atomic E-state index is 11.0. The van der Waals surface area contributed by atoms with E-state index in [9.17, 15) is 4.79 Å². The van der Waals surface area contributed by atoms with Gasteiger partial charge in [0.15, 0.2) is 6.29 Å². The SMILES string of the molecule is CC(C)c1cc(C=O)c2cccccc1-2. The first-order valence-electron chi connectivity index (χ1n) is 5.21. The molecule has 1 heteroatoms. The van der Waals surface area contributed by atoms with Crippen molar-refractivity contribution in [2.45, 2.75) is 19.8 Å². The number of hydrogen-bond acceptors (Lipinski definition) is 1. The molecular formula is C14H14O. The van der Waals surface area contributed by atoms with Crippen molar-refractivity contribution in [3.63, 3.8) is 0 Å². The minimum absolute atomic E-state index is 0.448. The van der Waals surface area contributed by atoms with Gasteiger partial charge in [-0.2, -0.15) is 0 Å². The Bertz CT molecular complexity index is 457. The van der Waals surface area contributed by atoms with Gasteiger partial charge in [0, 0.05) is 5.56 Å². The van der Waals surface area contributed by atoms with Crippen LogP contribution in [0.15, 0.2) is 36.4 Å². The molecule has 0 heterocycles. The van der Waals surface area contributed by atoms with Crippen molar-refractivity contribution < 1.29 is 4.79 Å². The van der Waals surface area contributed by atoms with Gasteiger partial charge in [-0.25, -0.2) is 0 Å². The first-order chi connectivity index (χ1) is 7.24. The average Bonchev–Trinajstić information content (AvgIpc) is 2.41. The molecule has 76 valence electrons. The second kappa shape index (κ2) is 3.85. The van der Waals surface area contributed by atoms with E-state index in [2.05, 4.69) is 19.9 Å². The minimum atomic E-state index is 0.448. The Hall–Kier alpha value is -1.63. The predicted octanol–water partition coefficient (Wildman–Crippen LogP) is 3.73. The van der Waals surface area contributed by atoms with Gasteiger partial charge >= 0.3 is 0 Å². The van der Waals surface area contributed by atoms with Gasteiger partial charge in [-0.1, -0.05) is 44.2 Å². The van der Waals surface area contributed by atoms with Gasteiger partial charge in [0.1, 0.15) is 0 Å². The number of rotatable bonds is 2. The van der Waals surface area contributed by atoms with Crippen molar-refractivity contribution in [1.29, 1.82) is 0 Å². The number of carbonyl (C=O) groups excluding carboxylic acids is 1. The Balaban J connectivity index is 2.73. The van der Waals surface area contributed by atoms with Crippen LogP contribution in [0.2, 0.25) is 0 Å². The fourth-order valence-corrected chi connectivity index (χ4v) is 1.95. The second-order valence-electron chi connectivity index (χ2n) is 4.07. The van der Waals surface area contributed by atoms with E-state index < -0.39 is 0 Å². The second-order valence-corrected chi connectivity index (χ2v) is 4.07. The van der Waals surface area contributed by atoms with Crippen LogP contribution in [0.1, 0.15) is 35.7 Å². The summed E-state index contributed by atoms with van der Waals surface area (Å²) in [4.78, 5) is 11.0. The molecule has 0 spiro atoms. The molecule has 2 rings (SSSR count). The zero-order valence-electron chi connectivity index (χ0n) is 9.03. The molecule has 0 unspecified atom stereocenters. The molecule has 0 bridgehead atoms. The van der Waals surface area contributed by atoms with Gasteiger partial charge in [-0.3, -0.25) is 4.79 Å². The maximum Gasteiger partial charge on any atom is 0.150 e. The van der Waals surface area contributed by atoms with Gasteiger partial charge in [-0.05, 0) is 28.7 Å². The number of fused-ring (bicyclic) bond motifs is 1. The van der Waals surface area contributed by atoms with Crippen molar-refractivity contribution >= 4 is 6.29 Å². The van der Waals surface area contributed by atoms with Crippen molar-refractivity contribution in [3.05, 3.63) is 47.5 Å². The first kappa shape index (κ1) is 9.91. The van der Waals surface area contributed by atoms with Crippen LogP contribution in [0.3, 0.4) is 0 Å². The predicted molar refractivity (Wildman–Crippen MR) is 62.5 cm³/mol. The summed E-state index contributed by atoms with van der Waals surface area (Å²) in [5.41, 5.74) is 4.30. The van der Waals surface area contributed by atoms with E-state index in [1.807, 2.05) is 30.3 Å². The molecule has 1 nitrogen and oxygen atoms in total. The molecule has 2 aliphatic carbocycles. The van der Waals surface area contributed by atoms with E-state index in [4.69, 9.17) is 0 Å². The van der Waals surface area contributed by atoms with Gasteiger partial charge in [0.25, 0.3) is 0 Å². The smallest absolute Gasteiger partial charge is 0.150 e. The molecular weight excluding hydrogens is 184 g/mol. The molecule has 15 heavy (non-hydrogen) atoms. The third-order valence-electron chi connectivity index (χ3n) is 2.72. The lowest BCUT2D eigenvalue weighted by molar-refractivity contribution is 0.112. The van der Waals surface area contributed by atoms with E-state index >= 15 is 0 Å². The molecule has 0 aromatic carbocycles. The fraction of sp³-hybridized carbons (Fsp3) is 0.214. The maximum absolute atomic E-state index is 11.0. The monoisotopic (exact) mass is 198 g/mol. The molecule has 0 aromatic rings. The highest BCUT2D eigenvalue weighted by atomic mass is 16.1.